The third-order valence-electron chi connectivity index (χ3n) is 3.51. The number of nitrogens with two attached hydrogens (primary N) is 1. The van der Waals surface area contributed by atoms with Crippen molar-refractivity contribution >= 4 is 23.2 Å². The quantitative estimate of drug-likeness (QED) is 0.785. The SMILES string of the molecule is CC1CCN(C(=O)N(C)C(C)CC(N)=S)CC1. The molecule has 1 heterocycles. The summed E-state index contributed by atoms with van der Waals surface area (Å²) in [5, 5.41) is 0. The number of thiocarbonyl (C=S) groups is 1. The first-order valence-corrected chi connectivity index (χ1v) is 6.62. The van der Waals surface area contributed by atoms with Gasteiger partial charge in [0, 0.05) is 32.6 Å². The van der Waals surface area contributed by atoms with Crippen LogP contribution in [0.3, 0.4) is 0 Å². The number of piperidine rings is 1. The number of carbonyl (C=O) groups is 1. The van der Waals surface area contributed by atoms with Gasteiger partial charge in [-0.05, 0) is 25.7 Å². The second-order valence-electron chi connectivity index (χ2n) is 5.08. The summed E-state index contributed by atoms with van der Waals surface area (Å²) in [7, 11) is 1.82. The Labute approximate surface area is 109 Å². The normalized spacial score (nSPS) is 18.9. The van der Waals surface area contributed by atoms with Crippen molar-refractivity contribution < 1.29 is 4.79 Å². The van der Waals surface area contributed by atoms with Crippen molar-refractivity contribution in [3.63, 3.8) is 0 Å². The minimum atomic E-state index is 0.0688. The Bertz CT molecular complexity index is 287. The highest BCUT2D eigenvalue weighted by Crippen LogP contribution is 2.17. The van der Waals surface area contributed by atoms with Crippen LogP contribution in [0.1, 0.15) is 33.1 Å². The first-order chi connectivity index (χ1) is 7.91. The van der Waals surface area contributed by atoms with Gasteiger partial charge in [-0.2, -0.15) is 0 Å². The molecule has 5 heteroatoms. The molecular weight excluding hydrogens is 234 g/mol. The molecule has 0 aliphatic carbocycles. The van der Waals surface area contributed by atoms with Gasteiger partial charge < -0.3 is 15.5 Å². The van der Waals surface area contributed by atoms with Gasteiger partial charge in [-0.15, -0.1) is 0 Å². The highest BCUT2D eigenvalue weighted by molar-refractivity contribution is 7.80. The number of likely N-dealkylation sites (tertiary alicyclic amines) is 1. The van der Waals surface area contributed by atoms with Crippen LogP contribution < -0.4 is 5.73 Å². The number of urea groups is 1. The zero-order valence-corrected chi connectivity index (χ0v) is 11.8. The van der Waals surface area contributed by atoms with E-state index in [0.717, 1.165) is 31.8 Å². The zero-order chi connectivity index (χ0) is 13.0. The van der Waals surface area contributed by atoms with Gasteiger partial charge in [-0.1, -0.05) is 19.1 Å². The summed E-state index contributed by atoms with van der Waals surface area (Å²) in [4.78, 5) is 16.3. The van der Waals surface area contributed by atoms with Crippen molar-refractivity contribution in [1.29, 1.82) is 0 Å². The van der Waals surface area contributed by atoms with Crippen LogP contribution in [0.5, 0.6) is 0 Å². The van der Waals surface area contributed by atoms with Gasteiger partial charge in [-0.25, -0.2) is 4.79 Å². The zero-order valence-electron chi connectivity index (χ0n) is 11.0. The van der Waals surface area contributed by atoms with Crippen LogP contribution in [0.2, 0.25) is 0 Å². The predicted molar refractivity (Wildman–Crippen MR) is 74.0 cm³/mol. The molecule has 1 atom stereocenters. The molecule has 1 aliphatic heterocycles. The Morgan fingerprint density at radius 2 is 2.06 bits per heavy atom. The van der Waals surface area contributed by atoms with Crippen LogP contribution in [-0.2, 0) is 0 Å². The Hall–Kier alpha value is -0.840. The van der Waals surface area contributed by atoms with Crippen molar-refractivity contribution in [3.8, 4) is 0 Å². The summed E-state index contributed by atoms with van der Waals surface area (Å²) in [6.07, 6.45) is 2.79. The lowest BCUT2D eigenvalue weighted by Crippen LogP contribution is -2.48. The van der Waals surface area contributed by atoms with Gasteiger partial charge >= 0.3 is 6.03 Å². The van der Waals surface area contributed by atoms with Crippen molar-refractivity contribution in [3.05, 3.63) is 0 Å². The largest absolute Gasteiger partial charge is 0.393 e. The van der Waals surface area contributed by atoms with Gasteiger partial charge in [0.1, 0.15) is 0 Å². The average molecular weight is 257 g/mol. The second-order valence-corrected chi connectivity index (χ2v) is 5.61. The molecule has 0 saturated carbocycles. The lowest BCUT2D eigenvalue weighted by Gasteiger charge is -2.35. The second kappa shape index (κ2) is 6.19. The summed E-state index contributed by atoms with van der Waals surface area (Å²) < 4.78 is 0. The molecule has 2 amide bonds. The third-order valence-corrected chi connectivity index (χ3v) is 3.68. The van der Waals surface area contributed by atoms with Gasteiger partial charge in [0.05, 0.1) is 4.99 Å². The Morgan fingerprint density at radius 3 is 2.53 bits per heavy atom. The van der Waals surface area contributed by atoms with Gasteiger partial charge in [-0.3, -0.25) is 0 Å². The molecule has 0 aromatic rings. The minimum Gasteiger partial charge on any atom is -0.393 e. The summed E-state index contributed by atoms with van der Waals surface area (Å²) in [5.74, 6) is 0.735. The minimum absolute atomic E-state index is 0.0688. The number of hydrogen-bond donors (Lipinski definition) is 1. The van der Waals surface area contributed by atoms with E-state index < -0.39 is 0 Å². The highest BCUT2D eigenvalue weighted by atomic mass is 32.1. The van der Waals surface area contributed by atoms with Crippen LogP contribution in [-0.4, -0.2) is 47.0 Å². The fourth-order valence-electron chi connectivity index (χ4n) is 2.04. The maximum Gasteiger partial charge on any atom is 0.319 e. The van der Waals surface area contributed by atoms with Crippen LogP contribution in [0.25, 0.3) is 0 Å². The standard InChI is InChI=1S/C12H23N3OS/c1-9-4-6-15(7-5-9)12(16)14(3)10(2)8-11(13)17/h9-10H,4-8H2,1-3H3,(H2,13,17). The fourth-order valence-corrected chi connectivity index (χ4v) is 2.28. The molecule has 0 radical (unpaired) electrons. The first kappa shape index (κ1) is 14.2. The third kappa shape index (κ3) is 4.15. The summed E-state index contributed by atoms with van der Waals surface area (Å²) in [5.41, 5.74) is 5.51. The van der Waals surface area contributed by atoms with Gasteiger partial charge in [0.25, 0.3) is 0 Å². The molecule has 0 spiro atoms. The molecule has 17 heavy (non-hydrogen) atoms. The molecular formula is C12H23N3OS. The lowest BCUT2D eigenvalue weighted by atomic mass is 9.99. The monoisotopic (exact) mass is 257 g/mol. The number of amides is 2. The predicted octanol–water partition coefficient (Wildman–Crippen LogP) is 1.83. The molecule has 0 aromatic heterocycles. The number of hydrogen-bond acceptors (Lipinski definition) is 2. The molecule has 2 N–H and O–H groups in total. The molecule has 1 unspecified atom stereocenters. The first-order valence-electron chi connectivity index (χ1n) is 6.22. The van der Waals surface area contributed by atoms with E-state index in [1.54, 1.807) is 4.90 Å². The maximum absolute atomic E-state index is 12.2. The molecule has 0 aromatic carbocycles. The van der Waals surface area contributed by atoms with Gasteiger partial charge in [0.2, 0.25) is 0 Å². The topological polar surface area (TPSA) is 49.6 Å². The molecule has 1 fully saturated rings. The average Bonchev–Trinajstić information content (AvgIpc) is 2.27. The van der Waals surface area contributed by atoms with Crippen LogP contribution in [0.4, 0.5) is 4.79 Å². The van der Waals surface area contributed by atoms with Crippen LogP contribution >= 0.6 is 12.2 Å². The van der Waals surface area contributed by atoms with Crippen molar-refractivity contribution in [1.82, 2.24) is 9.80 Å². The molecule has 1 rings (SSSR count). The van der Waals surface area contributed by atoms with E-state index in [0.29, 0.717) is 11.4 Å². The summed E-state index contributed by atoms with van der Waals surface area (Å²) in [6.45, 7) is 5.94. The van der Waals surface area contributed by atoms with Gasteiger partial charge in [0.15, 0.2) is 0 Å². The molecule has 4 nitrogen and oxygen atoms in total. The van der Waals surface area contributed by atoms with E-state index in [4.69, 9.17) is 18.0 Å². The Kier molecular flexibility index (Phi) is 5.18. The van der Waals surface area contributed by atoms with Crippen LogP contribution in [0, 0.1) is 5.92 Å². The molecule has 0 bridgehead atoms. The smallest absolute Gasteiger partial charge is 0.319 e. The number of rotatable bonds is 3. The fraction of sp³-hybridized carbons (Fsp3) is 0.833. The van der Waals surface area contributed by atoms with E-state index in [9.17, 15) is 4.79 Å². The highest BCUT2D eigenvalue weighted by Gasteiger charge is 2.25. The molecule has 1 aliphatic rings. The van der Waals surface area contributed by atoms with E-state index in [1.807, 2.05) is 18.9 Å². The lowest BCUT2D eigenvalue weighted by molar-refractivity contribution is 0.133. The van der Waals surface area contributed by atoms with E-state index in [-0.39, 0.29) is 12.1 Å². The Morgan fingerprint density at radius 1 is 1.53 bits per heavy atom. The number of nitrogens with zero attached hydrogens (tertiary/aromatic N) is 2. The summed E-state index contributed by atoms with van der Waals surface area (Å²) >= 11 is 4.88. The van der Waals surface area contributed by atoms with Crippen molar-refractivity contribution in [2.24, 2.45) is 11.7 Å². The summed E-state index contributed by atoms with van der Waals surface area (Å²) in [6, 6.07) is 0.167. The van der Waals surface area contributed by atoms with E-state index in [1.165, 1.54) is 0 Å². The molecule has 1 saturated heterocycles. The van der Waals surface area contributed by atoms with E-state index in [2.05, 4.69) is 6.92 Å². The van der Waals surface area contributed by atoms with Crippen molar-refractivity contribution in [2.75, 3.05) is 20.1 Å². The Balaban J connectivity index is 2.48. The molecule has 98 valence electrons. The van der Waals surface area contributed by atoms with Crippen LogP contribution in [0.15, 0.2) is 0 Å². The van der Waals surface area contributed by atoms with E-state index >= 15 is 0 Å². The van der Waals surface area contributed by atoms with Crippen molar-refractivity contribution in [2.45, 2.75) is 39.2 Å². The number of carbonyl (C=O) groups excluding carboxylic acids is 1. The maximum atomic E-state index is 12.2.